The van der Waals surface area contributed by atoms with Crippen LogP contribution in [0.2, 0.25) is 0 Å². The first-order valence-electron chi connectivity index (χ1n) is 5.27. The number of benzene rings is 3. The Morgan fingerprint density at radius 1 is 0.824 bits per heavy atom. The lowest BCUT2D eigenvalue weighted by Gasteiger charge is -2.13. The molecule has 0 aromatic heterocycles. The molecule has 0 aliphatic heterocycles. The van der Waals surface area contributed by atoms with Crippen molar-refractivity contribution in [3.8, 4) is 0 Å². The minimum Gasteiger partial charge on any atom is -0.768 e. The van der Waals surface area contributed by atoms with Crippen molar-refractivity contribution in [2.24, 2.45) is 0 Å². The van der Waals surface area contributed by atoms with Gasteiger partial charge in [-0.25, -0.2) is 0 Å². The molecular weight excluding hydrogens is 232 g/mol. The van der Waals surface area contributed by atoms with E-state index in [1.807, 2.05) is 54.6 Å². The van der Waals surface area contributed by atoms with Gasteiger partial charge in [-0.05, 0) is 38.7 Å². The van der Waals surface area contributed by atoms with E-state index < -0.39 is 11.1 Å². The van der Waals surface area contributed by atoms with E-state index in [0.29, 0.717) is 4.90 Å². The van der Waals surface area contributed by atoms with Crippen LogP contribution in [0, 0.1) is 0 Å². The van der Waals surface area contributed by atoms with Gasteiger partial charge in [0.05, 0.1) is 0 Å². The van der Waals surface area contributed by atoms with Crippen molar-refractivity contribution in [3.63, 3.8) is 0 Å². The molecule has 0 N–H and O–H groups in total. The summed E-state index contributed by atoms with van der Waals surface area (Å²) in [6.07, 6.45) is 0. The van der Waals surface area contributed by atoms with Gasteiger partial charge in [0.25, 0.3) is 0 Å². The molecule has 3 heteroatoms. The quantitative estimate of drug-likeness (QED) is 0.484. The maximum Gasteiger partial charge on any atom is 0.0405 e. The van der Waals surface area contributed by atoms with Gasteiger partial charge in [0.15, 0.2) is 0 Å². The van der Waals surface area contributed by atoms with E-state index in [1.54, 1.807) is 0 Å². The monoisotopic (exact) mass is 241 g/mol. The van der Waals surface area contributed by atoms with E-state index in [2.05, 4.69) is 0 Å². The molecule has 0 spiro atoms. The highest BCUT2D eigenvalue weighted by atomic mass is 32.2. The lowest BCUT2D eigenvalue weighted by atomic mass is 10.0. The standard InChI is InChI=1S/C14H10O2S/c15-17(16)14-12-7-3-1-5-10(12)9-11-6-2-4-8-13(11)14/h1-9H,(H,15,16)/p-1. The topological polar surface area (TPSA) is 40.1 Å². The molecule has 3 aromatic rings. The van der Waals surface area contributed by atoms with Crippen LogP contribution in [0.5, 0.6) is 0 Å². The largest absolute Gasteiger partial charge is 0.768 e. The van der Waals surface area contributed by atoms with Crippen LogP contribution in [0.3, 0.4) is 0 Å². The highest BCUT2D eigenvalue weighted by Gasteiger charge is 2.06. The van der Waals surface area contributed by atoms with E-state index in [1.165, 1.54) is 0 Å². The first kappa shape index (κ1) is 10.4. The second-order valence-corrected chi connectivity index (χ2v) is 4.76. The fourth-order valence-corrected chi connectivity index (χ4v) is 2.88. The molecule has 84 valence electrons. The summed E-state index contributed by atoms with van der Waals surface area (Å²) in [6.45, 7) is 0. The molecule has 3 rings (SSSR count). The molecule has 17 heavy (non-hydrogen) atoms. The van der Waals surface area contributed by atoms with Crippen molar-refractivity contribution in [2.45, 2.75) is 4.90 Å². The Morgan fingerprint density at radius 3 is 1.76 bits per heavy atom. The average Bonchev–Trinajstić information content (AvgIpc) is 2.35. The number of hydrogen-bond acceptors (Lipinski definition) is 2. The zero-order valence-electron chi connectivity index (χ0n) is 8.92. The van der Waals surface area contributed by atoms with Gasteiger partial charge in [-0.1, -0.05) is 48.5 Å². The smallest absolute Gasteiger partial charge is 0.0405 e. The molecule has 1 unspecified atom stereocenters. The van der Waals surface area contributed by atoms with Crippen molar-refractivity contribution in [3.05, 3.63) is 54.6 Å². The number of fused-ring (bicyclic) bond motifs is 2. The highest BCUT2D eigenvalue weighted by Crippen LogP contribution is 2.30. The number of rotatable bonds is 1. The fraction of sp³-hybridized carbons (Fsp3) is 0. The van der Waals surface area contributed by atoms with Crippen LogP contribution in [-0.4, -0.2) is 8.76 Å². The van der Waals surface area contributed by atoms with E-state index >= 15 is 0 Å². The Hall–Kier alpha value is -1.71. The van der Waals surface area contributed by atoms with Crippen LogP contribution in [-0.2, 0) is 11.1 Å². The zero-order chi connectivity index (χ0) is 11.8. The van der Waals surface area contributed by atoms with Crippen molar-refractivity contribution in [1.82, 2.24) is 0 Å². The maximum atomic E-state index is 11.4. The van der Waals surface area contributed by atoms with E-state index in [-0.39, 0.29) is 0 Å². The lowest BCUT2D eigenvalue weighted by molar-refractivity contribution is 0.539. The molecule has 0 bridgehead atoms. The first-order chi connectivity index (χ1) is 8.27. The Kier molecular flexibility index (Phi) is 2.42. The van der Waals surface area contributed by atoms with Crippen LogP contribution < -0.4 is 0 Å². The van der Waals surface area contributed by atoms with E-state index in [0.717, 1.165) is 21.5 Å². The van der Waals surface area contributed by atoms with Gasteiger partial charge in [0.1, 0.15) is 0 Å². The predicted octanol–water partition coefficient (Wildman–Crippen LogP) is 3.23. The normalized spacial score (nSPS) is 13.0. The third kappa shape index (κ3) is 1.64. The van der Waals surface area contributed by atoms with Crippen LogP contribution in [0.1, 0.15) is 0 Å². The summed E-state index contributed by atoms with van der Waals surface area (Å²) in [5, 5.41) is 3.45. The van der Waals surface area contributed by atoms with Gasteiger partial charge in [-0.15, -0.1) is 0 Å². The minimum atomic E-state index is -2.23. The molecule has 3 aromatic carbocycles. The maximum absolute atomic E-state index is 11.4. The Labute approximate surface area is 101 Å². The molecule has 0 amide bonds. The van der Waals surface area contributed by atoms with Crippen LogP contribution in [0.15, 0.2) is 59.5 Å². The molecule has 0 heterocycles. The van der Waals surface area contributed by atoms with Gasteiger partial charge >= 0.3 is 0 Å². The van der Waals surface area contributed by atoms with Crippen molar-refractivity contribution >= 4 is 32.6 Å². The molecule has 0 radical (unpaired) electrons. The third-order valence-electron chi connectivity index (χ3n) is 2.89. The van der Waals surface area contributed by atoms with Crippen molar-refractivity contribution < 1.29 is 8.76 Å². The third-order valence-corrected chi connectivity index (χ3v) is 3.66. The second kappa shape index (κ2) is 3.95. The first-order valence-corrected chi connectivity index (χ1v) is 6.34. The Bertz CT molecular complexity index is 680. The van der Waals surface area contributed by atoms with Crippen LogP contribution in [0.25, 0.3) is 21.5 Å². The van der Waals surface area contributed by atoms with Gasteiger partial charge in [0, 0.05) is 4.90 Å². The van der Waals surface area contributed by atoms with Crippen molar-refractivity contribution in [1.29, 1.82) is 0 Å². The van der Waals surface area contributed by atoms with Crippen molar-refractivity contribution in [2.75, 3.05) is 0 Å². The highest BCUT2D eigenvalue weighted by molar-refractivity contribution is 7.79. The zero-order valence-corrected chi connectivity index (χ0v) is 9.74. The fourth-order valence-electron chi connectivity index (χ4n) is 2.15. The Morgan fingerprint density at radius 2 is 1.29 bits per heavy atom. The molecule has 0 saturated carbocycles. The van der Waals surface area contributed by atoms with Gasteiger partial charge in [-0.2, -0.15) is 0 Å². The molecule has 1 atom stereocenters. The lowest BCUT2D eigenvalue weighted by Crippen LogP contribution is -1.92. The van der Waals surface area contributed by atoms with Gasteiger partial charge in [-0.3, -0.25) is 4.21 Å². The van der Waals surface area contributed by atoms with Gasteiger partial charge < -0.3 is 4.55 Å². The molecule has 0 aliphatic carbocycles. The summed E-state index contributed by atoms with van der Waals surface area (Å²) in [5.41, 5.74) is 0. The average molecular weight is 241 g/mol. The summed E-state index contributed by atoms with van der Waals surface area (Å²) in [6, 6.07) is 17.1. The SMILES string of the molecule is O=S([O-])c1c2ccccc2cc2ccccc12. The number of hydrogen-bond donors (Lipinski definition) is 0. The summed E-state index contributed by atoms with van der Waals surface area (Å²) in [5.74, 6) is 0. The van der Waals surface area contributed by atoms with E-state index in [9.17, 15) is 8.76 Å². The van der Waals surface area contributed by atoms with Crippen LogP contribution >= 0.6 is 0 Å². The van der Waals surface area contributed by atoms with Gasteiger partial charge in [0.2, 0.25) is 0 Å². The molecular formula is C14H9O2S-. The van der Waals surface area contributed by atoms with Crippen LogP contribution in [0.4, 0.5) is 0 Å². The molecule has 0 aliphatic rings. The molecule has 0 saturated heterocycles. The summed E-state index contributed by atoms with van der Waals surface area (Å²) >= 11 is -2.23. The molecule has 2 nitrogen and oxygen atoms in total. The predicted molar refractivity (Wildman–Crippen MR) is 68.6 cm³/mol. The summed E-state index contributed by atoms with van der Waals surface area (Å²) in [4.78, 5) is 0.388. The van der Waals surface area contributed by atoms with E-state index in [4.69, 9.17) is 0 Å². The summed E-state index contributed by atoms with van der Waals surface area (Å²) in [7, 11) is 0. The minimum absolute atomic E-state index is 0.388. The molecule has 0 fully saturated rings. The second-order valence-electron chi connectivity index (χ2n) is 3.88. The summed E-state index contributed by atoms with van der Waals surface area (Å²) < 4.78 is 22.9. The Balaban J connectivity index is 2.61.